The van der Waals surface area contributed by atoms with E-state index in [-0.39, 0.29) is 11.3 Å². The highest BCUT2D eigenvalue weighted by Gasteiger charge is 2.45. The standard InChI is InChI=1S/C26H26N2O3/c1-30-22-8-5-19(6-9-22)20-7-10-24-23(16-20)26(11-14-31-15-12-26)18-28(24)25(29)17-21-4-2-3-13-27-21/h2-10,13,16H,11-12,14-15,17-18H2,1H3. The second-order valence-electron chi connectivity index (χ2n) is 8.33. The number of methoxy groups -OCH3 is 1. The number of nitrogens with zero attached hydrogens (tertiary/aromatic N) is 2. The summed E-state index contributed by atoms with van der Waals surface area (Å²) in [6.07, 6.45) is 3.91. The van der Waals surface area contributed by atoms with E-state index in [9.17, 15) is 4.79 Å². The zero-order valence-electron chi connectivity index (χ0n) is 17.7. The van der Waals surface area contributed by atoms with Gasteiger partial charge in [0.05, 0.1) is 13.5 Å². The van der Waals surface area contributed by atoms with Crippen LogP contribution < -0.4 is 9.64 Å². The number of ether oxygens (including phenoxy) is 2. The van der Waals surface area contributed by atoms with Crippen molar-refractivity contribution < 1.29 is 14.3 Å². The Hall–Kier alpha value is -3.18. The van der Waals surface area contributed by atoms with Crippen molar-refractivity contribution in [2.75, 3.05) is 31.8 Å². The van der Waals surface area contributed by atoms with Crippen molar-refractivity contribution in [2.24, 2.45) is 0 Å². The molecule has 2 aromatic carbocycles. The Kier molecular flexibility index (Phi) is 5.20. The van der Waals surface area contributed by atoms with Crippen molar-refractivity contribution in [1.29, 1.82) is 0 Å². The van der Waals surface area contributed by atoms with Crippen LogP contribution in [0.2, 0.25) is 0 Å². The summed E-state index contributed by atoms with van der Waals surface area (Å²) in [4.78, 5) is 19.6. The van der Waals surface area contributed by atoms with Crippen molar-refractivity contribution in [3.05, 3.63) is 78.1 Å². The molecule has 0 aliphatic carbocycles. The number of aromatic nitrogens is 1. The van der Waals surface area contributed by atoms with Crippen LogP contribution in [0.4, 0.5) is 5.69 Å². The van der Waals surface area contributed by atoms with Gasteiger partial charge in [-0.05, 0) is 65.9 Å². The first-order chi connectivity index (χ1) is 15.2. The molecule has 1 saturated heterocycles. The third-order valence-electron chi connectivity index (χ3n) is 6.55. The Morgan fingerprint density at radius 2 is 1.84 bits per heavy atom. The predicted molar refractivity (Wildman–Crippen MR) is 120 cm³/mol. The molecule has 3 aromatic rings. The van der Waals surface area contributed by atoms with E-state index >= 15 is 0 Å². The fraction of sp³-hybridized carbons (Fsp3) is 0.308. The average Bonchev–Trinajstić information content (AvgIpc) is 3.13. The van der Waals surface area contributed by atoms with Crippen molar-refractivity contribution >= 4 is 11.6 Å². The Morgan fingerprint density at radius 1 is 1.06 bits per heavy atom. The van der Waals surface area contributed by atoms with E-state index in [0.717, 1.165) is 54.3 Å². The maximum atomic E-state index is 13.3. The Bertz CT molecular complexity index is 1070. The summed E-state index contributed by atoms with van der Waals surface area (Å²) >= 11 is 0. The largest absolute Gasteiger partial charge is 0.497 e. The molecule has 1 aromatic heterocycles. The van der Waals surface area contributed by atoms with Crippen LogP contribution in [0.1, 0.15) is 24.1 Å². The molecule has 0 unspecified atom stereocenters. The van der Waals surface area contributed by atoms with Gasteiger partial charge in [0.1, 0.15) is 5.75 Å². The molecule has 1 spiro atoms. The van der Waals surface area contributed by atoms with E-state index in [2.05, 4.69) is 35.3 Å². The van der Waals surface area contributed by atoms with Gasteiger partial charge in [-0.2, -0.15) is 0 Å². The molecule has 5 heteroatoms. The minimum Gasteiger partial charge on any atom is -0.497 e. The second kappa shape index (κ2) is 8.16. The lowest BCUT2D eigenvalue weighted by Crippen LogP contribution is -2.41. The first-order valence-corrected chi connectivity index (χ1v) is 10.8. The predicted octanol–water partition coefficient (Wildman–Crippen LogP) is 4.39. The highest BCUT2D eigenvalue weighted by atomic mass is 16.5. The van der Waals surface area contributed by atoms with Gasteiger partial charge in [-0.25, -0.2) is 0 Å². The van der Waals surface area contributed by atoms with Crippen LogP contribution in [-0.2, 0) is 21.4 Å². The molecular formula is C26H26N2O3. The van der Waals surface area contributed by atoms with Gasteiger partial charge in [-0.1, -0.05) is 24.3 Å². The molecule has 0 bridgehead atoms. The van der Waals surface area contributed by atoms with Gasteiger partial charge < -0.3 is 14.4 Å². The smallest absolute Gasteiger partial charge is 0.233 e. The minimum atomic E-state index is -0.0458. The summed E-state index contributed by atoms with van der Waals surface area (Å²) in [6.45, 7) is 2.17. The van der Waals surface area contributed by atoms with Crippen LogP contribution in [0.15, 0.2) is 66.9 Å². The molecule has 31 heavy (non-hydrogen) atoms. The van der Waals surface area contributed by atoms with Gasteiger partial charge in [0.25, 0.3) is 0 Å². The van der Waals surface area contributed by atoms with E-state index in [1.807, 2.05) is 35.2 Å². The number of rotatable bonds is 4. The van der Waals surface area contributed by atoms with Gasteiger partial charge in [0.15, 0.2) is 0 Å². The fourth-order valence-electron chi connectivity index (χ4n) is 4.80. The molecule has 158 valence electrons. The van der Waals surface area contributed by atoms with Gasteiger partial charge in [-0.3, -0.25) is 9.78 Å². The van der Waals surface area contributed by atoms with Crippen LogP contribution in [0, 0.1) is 0 Å². The molecule has 0 N–H and O–H groups in total. The number of carbonyl (C=O) groups excluding carboxylic acids is 1. The number of hydrogen-bond acceptors (Lipinski definition) is 4. The maximum absolute atomic E-state index is 13.3. The number of amides is 1. The second-order valence-corrected chi connectivity index (χ2v) is 8.33. The van der Waals surface area contributed by atoms with E-state index in [4.69, 9.17) is 9.47 Å². The zero-order valence-corrected chi connectivity index (χ0v) is 17.7. The Balaban J connectivity index is 1.51. The monoisotopic (exact) mass is 414 g/mol. The fourth-order valence-corrected chi connectivity index (χ4v) is 4.80. The van der Waals surface area contributed by atoms with Crippen LogP contribution in [0.25, 0.3) is 11.1 Å². The lowest BCUT2D eigenvalue weighted by Gasteiger charge is -2.34. The highest BCUT2D eigenvalue weighted by Crippen LogP contribution is 2.48. The van der Waals surface area contributed by atoms with E-state index in [0.29, 0.717) is 13.0 Å². The van der Waals surface area contributed by atoms with Crippen molar-refractivity contribution in [3.8, 4) is 16.9 Å². The zero-order chi connectivity index (χ0) is 21.3. The number of hydrogen-bond donors (Lipinski definition) is 0. The third kappa shape index (κ3) is 3.70. The van der Waals surface area contributed by atoms with Crippen LogP contribution in [0.3, 0.4) is 0 Å². The van der Waals surface area contributed by atoms with E-state index in [1.54, 1.807) is 13.3 Å². The first-order valence-electron chi connectivity index (χ1n) is 10.8. The number of anilines is 1. The quantitative estimate of drug-likeness (QED) is 0.635. The third-order valence-corrected chi connectivity index (χ3v) is 6.55. The van der Waals surface area contributed by atoms with Gasteiger partial charge in [-0.15, -0.1) is 0 Å². The minimum absolute atomic E-state index is 0.0458. The number of carbonyl (C=O) groups is 1. The summed E-state index contributed by atoms with van der Waals surface area (Å²) in [7, 11) is 1.68. The van der Waals surface area contributed by atoms with Crippen molar-refractivity contribution in [2.45, 2.75) is 24.7 Å². The summed E-state index contributed by atoms with van der Waals surface area (Å²) in [5.74, 6) is 0.942. The normalized spacial score (nSPS) is 16.9. The lowest BCUT2D eigenvalue weighted by atomic mass is 9.75. The molecular weight excluding hydrogens is 388 g/mol. The molecule has 1 fully saturated rings. The van der Waals surface area contributed by atoms with E-state index < -0.39 is 0 Å². The Labute approximate surface area is 182 Å². The average molecular weight is 415 g/mol. The number of benzene rings is 2. The SMILES string of the molecule is COc1ccc(-c2ccc3c(c2)C2(CCOCC2)CN3C(=O)Cc2ccccn2)cc1. The Morgan fingerprint density at radius 3 is 2.55 bits per heavy atom. The molecule has 1 amide bonds. The number of fused-ring (bicyclic) bond motifs is 2. The van der Waals surface area contributed by atoms with Crippen LogP contribution in [0.5, 0.6) is 5.75 Å². The van der Waals surface area contributed by atoms with Crippen LogP contribution in [-0.4, -0.2) is 37.8 Å². The topological polar surface area (TPSA) is 51.7 Å². The lowest BCUT2D eigenvalue weighted by molar-refractivity contribution is -0.118. The van der Waals surface area contributed by atoms with Gasteiger partial charge >= 0.3 is 0 Å². The van der Waals surface area contributed by atoms with Gasteiger partial charge in [0.2, 0.25) is 5.91 Å². The molecule has 3 heterocycles. The van der Waals surface area contributed by atoms with Crippen LogP contribution >= 0.6 is 0 Å². The summed E-state index contributed by atoms with van der Waals surface area (Å²) in [6, 6.07) is 20.3. The molecule has 5 rings (SSSR count). The summed E-state index contributed by atoms with van der Waals surface area (Å²) in [5, 5.41) is 0. The molecule has 0 radical (unpaired) electrons. The van der Waals surface area contributed by atoms with Gasteiger partial charge in [0, 0.05) is 42.8 Å². The number of pyridine rings is 1. The molecule has 0 saturated carbocycles. The first kappa shape index (κ1) is 19.8. The molecule has 2 aliphatic rings. The molecule has 2 aliphatic heterocycles. The summed E-state index contributed by atoms with van der Waals surface area (Å²) in [5.41, 5.74) is 5.35. The summed E-state index contributed by atoms with van der Waals surface area (Å²) < 4.78 is 11.0. The molecule has 5 nitrogen and oxygen atoms in total. The maximum Gasteiger partial charge on any atom is 0.233 e. The van der Waals surface area contributed by atoms with Crippen molar-refractivity contribution in [1.82, 2.24) is 4.98 Å². The highest BCUT2D eigenvalue weighted by molar-refractivity contribution is 5.98. The van der Waals surface area contributed by atoms with E-state index in [1.165, 1.54) is 5.56 Å². The van der Waals surface area contributed by atoms with Crippen molar-refractivity contribution in [3.63, 3.8) is 0 Å². The molecule has 0 atom stereocenters.